The molecular weight excluding hydrogens is 453 g/mol. The van der Waals surface area contributed by atoms with Crippen molar-refractivity contribution in [2.75, 3.05) is 25.5 Å². The van der Waals surface area contributed by atoms with Crippen LogP contribution in [-0.2, 0) is 9.53 Å². The molecule has 9 heteroatoms. The Balaban J connectivity index is 1.47. The highest BCUT2D eigenvalue weighted by Crippen LogP contribution is 2.32. The van der Waals surface area contributed by atoms with Crippen LogP contribution < -0.4 is 15.4 Å². The van der Waals surface area contributed by atoms with E-state index < -0.39 is 11.7 Å². The second-order valence-electron chi connectivity index (χ2n) is 8.90. The summed E-state index contributed by atoms with van der Waals surface area (Å²) in [5.41, 5.74) is 0.902. The molecule has 186 valence electrons. The monoisotopic (exact) mass is 483 g/mol. The van der Waals surface area contributed by atoms with Crippen molar-refractivity contribution in [3.63, 3.8) is 0 Å². The van der Waals surface area contributed by atoms with E-state index in [0.717, 1.165) is 12.5 Å². The highest BCUT2D eigenvalue weighted by atomic mass is 19.1. The van der Waals surface area contributed by atoms with Crippen LogP contribution in [0.25, 0.3) is 0 Å². The Morgan fingerprint density at radius 1 is 1.17 bits per heavy atom. The number of anilines is 1. The van der Waals surface area contributed by atoms with Gasteiger partial charge in [0, 0.05) is 24.8 Å². The standard InChI is InChI=1S/C26H30FN3O5/c1-3-11-28-24(31)14-19-8-9-21-23(35-19)15-34-22-10-7-18(13-20(22)26(33)30(21)2)29-25(32)16-5-4-6-17(27)12-16/h4-7,10,12-13,19,21,23H,3,8-9,11,14-15H2,1-2H3,(H,28,31)(H,29,32)/t19-,21+,23-/m0/s1. The fourth-order valence-electron chi connectivity index (χ4n) is 4.48. The number of halogens is 1. The first kappa shape index (κ1) is 24.7. The van der Waals surface area contributed by atoms with Gasteiger partial charge in [0.2, 0.25) is 5.91 Å². The summed E-state index contributed by atoms with van der Waals surface area (Å²) >= 11 is 0. The molecule has 2 heterocycles. The maximum Gasteiger partial charge on any atom is 0.257 e. The van der Waals surface area contributed by atoms with Crippen molar-refractivity contribution in [3.8, 4) is 5.75 Å². The van der Waals surface area contributed by atoms with Crippen molar-refractivity contribution in [2.45, 2.75) is 50.9 Å². The molecule has 1 fully saturated rings. The molecule has 2 N–H and O–H groups in total. The minimum absolute atomic E-state index is 0.0374. The minimum Gasteiger partial charge on any atom is -0.490 e. The Labute approximate surface area is 203 Å². The lowest BCUT2D eigenvalue weighted by Gasteiger charge is -2.42. The molecule has 3 atom stereocenters. The molecule has 8 nitrogen and oxygen atoms in total. The Bertz CT molecular complexity index is 1110. The van der Waals surface area contributed by atoms with Crippen LogP contribution in [0.4, 0.5) is 10.1 Å². The molecule has 0 aliphatic carbocycles. The van der Waals surface area contributed by atoms with Crippen LogP contribution in [0.3, 0.4) is 0 Å². The Hall–Kier alpha value is -3.46. The molecule has 4 rings (SSSR count). The summed E-state index contributed by atoms with van der Waals surface area (Å²) in [6, 6.07) is 10.0. The first-order valence-corrected chi connectivity index (χ1v) is 11.9. The molecular formula is C26H30FN3O5. The summed E-state index contributed by atoms with van der Waals surface area (Å²) in [5, 5.41) is 5.58. The van der Waals surface area contributed by atoms with Gasteiger partial charge in [-0.15, -0.1) is 0 Å². The number of nitrogens with one attached hydrogen (secondary N) is 2. The lowest BCUT2D eigenvalue weighted by molar-refractivity contribution is -0.134. The van der Waals surface area contributed by atoms with E-state index in [-0.39, 0.29) is 48.7 Å². The molecule has 2 aromatic rings. The average Bonchev–Trinajstić information content (AvgIpc) is 2.85. The number of amides is 3. The first-order chi connectivity index (χ1) is 16.9. The van der Waals surface area contributed by atoms with Crippen molar-refractivity contribution in [3.05, 3.63) is 59.4 Å². The molecule has 0 aromatic heterocycles. The zero-order valence-corrected chi connectivity index (χ0v) is 19.9. The molecule has 0 saturated carbocycles. The second kappa shape index (κ2) is 10.9. The van der Waals surface area contributed by atoms with Crippen molar-refractivity contribution in [1.29, 1.82) is 0 Å². The number of benzene rings is 2. The minimum atomic E-state index is -0.505. The van der Waals surface area contributed by atoms with Gasteiger partial charge in [-0.05, 0) is 55.7 Å². The van der Waals surface area contributed by atoms with Crippen LogP contribution in [0, 0.1) is 5.82 Å². The Kier molecular flexibility index (Phi) is 7.65. The third-order valence-corrected chi connectivity index (χ3v) is 6.34. The van der Waals surface area contributed by atoms with Gasteiger partial charge in [-0.25, -0.2) is 4.39 Å². The van der Waals surface area contributed by atoms with Crippen molar-refractivity contribution in [1.82, 2.24) is 10.2 Å². The number of nitrogens with zero attached hydrogens (tertiary/aromatic N) is 1. The number of ether oxygens (including phenoxy) is 2. The van der Waals surface area contributed by atoms with E-state index in [2.05, 4.69) is 10.6 Å². The van der Waals surface area contributed by atoms with Gasteiger partial charge in [0.1, 0.15) is 24.3 Å². The number of rotatable bonds is 6. The van der Waals surface area contributed by atoms with Gasteiger partial charge >= 0.3 is 0 Å². The predicted octanol–water partition coefficient (Wildman–Crippen LogP) is 3.37. The van der Waals surface area contributed by atoms with E-state index in [1.54, 1.807) is 30.1 Å². The highest BCUT2D eigenvalue weighted by molar-refractivity contribution is 6.05. The van der Waals surface area contributed by atoms with Gasteiger partial charge < -0.3 is 25.0 Å². The number of hydrogen-bond donors (Lipinski definition) is 2. The van der Waals surface area contributed by atoms with Crippen LogP contribution in [-0.4, -0.2) is 61.1 Å². The Morgan fingerprint density at radius 2 is 2.00 bits per heavy atom. The molecule has 2 aliphatic heterocycles. The molecule has 0 spiro atoms. The van der Waals surface area contributed by atoms with Gasteiger partial charge in [-0.1, -0.05) is 13.0 Å². The van der Waals surface area contributed by atoms with Gasteiger partial charge in [-0.2, -0.15) is 0 Å². The van der Waals surface area contributed by atoms with E-state index in [0.29, 0.717) is 36.4 Å². The summed E-state index contributed by atoms with van der Waals surface area (Å²) in [4.78, 5) is 39.6. The molecule has 0 unspecified atom stereocenters. The summed E-state index contributed by atoms with van der Waals surface area (Å²) in [5.74, 6) is -0.889. The summed E-state index contributed by atoms with van der Waals surface area (Å²) in [7, 11) is 1.73. The quantitative estimate of drug-likeness (QED) is 0.657. The largest absolute Gasteiger partial charge is 0.490 e. The molecule has 0 bridgehead atoms. The van der Waals surface area contributed by atoms with Crippen LogP contribution >= 0.6 is 0 Å². The third-order valence-electron chi connectivity index (χ3n) is 6.34. The van der Waals surface area contributed by atoms with Crippen molar-refractivity contribution >= 4 is 23.4 Å². The van der Waals surface area contributed by atoms with E-state index in [4.69, 9.17) is 9.47 Å². The van der Waals surface area contributed by atoms with E-state index in [9.17, 15) is 18.8 Å². The van der Waals surface area contributed by atoms with Gasteiger partial charge in [0.05, 0.1) is 24.1 Å². The third kappa shape index (κ3) is 5.79. The number of hydrogen-bond acceptors (Lipinski definition) is 5. The Morgan fingerprint density at radius 3 is 2.77 bits per heavy atom. The zero-order chi connectivity index (χ0) is 24.9. The predicted molar refractivity (Wildman–Crippen MR) is 128 cm³/mol. The number of fused-ring (bicyclic) bond motifs is 2. The van der Waals surface area contributed by atoms with Crippen LogP contribution in [0.15, 0.2) is 42.5 Å². The SMILES string of the molecule is CCCNC(=O)C[C@@H]1CC[C@@H]2[C@H](COc3ccc(NC(=O)c4cccc(F)c4)cc3C(=O)N2C)O1. The lowest BCUT2D eigenvalue weighted by Crippen LogP contribution is -2.54. The number of likely N-dealkylation sites (N-methyl/N-ethyl adjacent to an activating group) is 1. The second-order valence-corrected chi connectivity index (χ2v) is 8.90. The maximum absolute atomic E-state index is 13.5. The van der Waals surface area contributed by atoms with Crippen LogP contribution in [0.1, 0.15) is 53.3 Å². The molecule has 1 saturated heterocycles. The maximum atomic E-state index is 13.5. The molecule has 35 heavy (non-hydrogen) atoms. The normalized spacial score (nSPS) is 21.6. The zero-order valence-electron chi connectivity index (χ0n) is 19.9. The summed E-state index contributed by atoms with van der Waals surface area (Å²) in [6.07, 6.45) is 1.92. The van der Waals surface area contributed by atoms with E-state index >= 15 is 0 Å². The van der Waals surface area contributed by atoms with Crippen LogP contribution in [0.5, 0.6) is 5.75 Å². The summed E-state index contributed by atoms with van der Waals surface area (Å²) < 4.78 is 25.6. The van der Waals surface area contributed by atoms with Crippen molar-refractivity contribution < 1.29 is 28.2 Å². The molecule has 0 radical (unpaired) electrons. The van der Waals surface area contributed by atoms with Crippen LogP contribution in [0.2, 0.25) is 0 Å². The number of carbonyl (C=O) groups excluding carboxylic acids is 3. The fraction of sp³-hybridized carbons (Fsp3) is 0.423. The molecule has 2 aliphatic rings. The van der Waals surface area contributed by atoms with Gasteiger partial charge in [0.25, 0.3) is 11.8 Å². The molecule has 2 aromatic carbocycles. The van der Waals surface area contributed by atoms with Gasteiger partial charge in [0.15, 0.2) is 0 Å². The van der Waals surface area contributed by atoms with E-state index in [1.165, 1.54) is 18.2 Å². The molecule has 3 amide bonds. The summed E-state index contributed by atoms with van der Waals surface area (Å²) in [6.45, 7) is 2.87. The van der Waals surface area contributed by atoms with Crippen molar-refractivity contribution in [2.24, 2.45) is 0 Å². The van der Waals surface area contributed by atoms with Gasteiger partial charge in [-0.3, -0.25) is 14.4 Å². The smallest absolute Gasteiger partial charge is 0.257 e. The fourth-order valence-corrected chi connectivity index (χ4v) is 4.48. The topological polar surface area (TPSA) is 97.0 Å². The lowest BCUT2D eigenvalue weighted by atomic mass is 9.94. The number of carbonyl (C=O) groups is 3. The average molecular weight is 484 g/mol. The highest BCUT2D eigenvalue weighted by Gasteiger charge is 2.39. The first-order valence-electron chi connectivity index (χ1n) is 11.9. The van der Waals surface area contributed by atoms with E-state index in [1.807, 2.05) is 6.92 Å².